The van der Waals surface area contributed by atoms with Crippen LogP contribution in [0.1, 0.15) is 12.5 Å². The van der Waals surface area contributed by atoms with Crippen molar-refractivity contribution in [3.63, 3.8) is 0 Å². The SMILES string of the molecule is CC(=O)SSSCc1ccccc1. The fourth-order valence-corrected chi connectivity index (χ4v) is 3.97. The van der Waals surface area contributed by atoms with Crippen LogP contribution in [0, 0.1) is 0 Å². The third kappa shape index (κ3) is 5.29. The molecule has 0 radical (unpaired) electrons. The largest absolute Gasteiger partial charge is 0.287 e. The molecular formula is C9H10OS3. The van der Waals surface area contributed by atoms with E-state index in [1.807, 2.05) is 18.2 Å². The Hall–Kier alpha value is -0.0600. The standard InChI is InChI=1S/C9H10OS3/c1-8(10)12-13-11-7-9-5-3-2-4-6-9/h2-6H,7H2,1H3. The Bertz CT molecular complexity index is 261. The summed E-state index contributed by atoms with van der Waals surface area (Å²) in [7, 11) is 4.52. The summed E-state index contributed by atoms with van der Waals surface area (Å²) in [4.78, 5) is 10.6. The molecule has 0 spiro atoms. The molecule has 4 heteroatoms. The summed E-state index contributed by atoms with van der Waals surface area (Å²) in [6.07, 6.45) is 0. The van der Waals surface area contributed by atoms with Crippen molar-refractivity contribution in [1.82, 2.24) is 0 Å². The topological polar surface area (TPSA) is 17.1 Å². The third-order valence-corrected chi connectivity index (χ3v) is 5.15. The quantitative estimate of drug-likeness (QED) is 0.578. The maximum absolute atomic E-state index is 10.6. The second kappa shape index (κ2) is 6.40. The lowest BCUT2D eigenvalue weighted by molar-refractivity contribution is -0.109. The van der Waals surface area contributed by atoms with Crippen molar-refractivity contribution in [2.45, 2.75) is 12.7 Å². The fourth-order valence-electron chi connectivity index (χ4n) is 0.738. The molecule has 1 aromatic carbocycles. The van der Waals surface area contributed by atoms with E-state index in [2.05, 4.69) is 12.1 Å². The Morgan fingerprint density at radius 2 is 2.00 bits per heavy atom. The monoisotopic (exact) mass is 230 g/mol. The van der Waals surface area contributed by atoms with Crippen molar-refractivity contribution in [3.05, 3.63) is 35.9 Å². The first-order valence-electron chi connectivity index (χ1n) is 3.79. The molecule has 1 aromatic rings. The van der Waals surface area contributed by atoms with E-state index in [9.17, 15) is 4.79 Å². The molecule has 0 heterocycles. The summed E-state index contributed by atoms with van der Waals surface area (Å²) in [5, 5.41) is 0.158. The van der Waals surface area contributed by atoms with Crippen molar-refractivity contribution in [1.29, 1.82) is 0 Å². The van der Waals surface area contributed by atoms with Gasteiger partial charge in [0, 0.05) is 12.7 Å². The van der Waals surface area contributed by atoms with Crippen LogP contribution in [-0.4, -0.2) is 5.12 Å². The van der Waals surface area contributed by atoms with Crippen LogP contribution in [0.25, 0.3) is 0 Å². The third-order valence-electron chi connectivity index (χ3n) is 1.27. The second-order valence-electron chi connectivity index (χ2n) is 2.39. The smallest absolute Gasteiger partial charge is 0.197 e. The molecule has 1 rings (SSSR count). The van der Waals surface area contributed by atoms with Gasteiger partial charge in [0.1, 0.15) is 0 Å². The molecule has 0 saturated carbocycles. The van der Waals surface area contributed by atoms with Crippen molar-refractivity contribution >= 4 is 36.5 Å². The minimum absolute atomic E-state index is 0.158. The molecule has 0 atom stereocenters. The molecule has 0 bridgehead atoms. The minimum Gasteiger partial charge on any atom is -0.287 e. The molecule has 0 aromatic heterocycles. The van der Waals surface area contributed by atoms with E-state index in [4.69, 9.17) is 0 Å². The molecule has 13 heavy (non-hydrogen) atoms. The highest BCUT2D eigenvalue weighted by molar-refractivity contribution is 9.11. The molecule has 0 saturated heterocycles. The van der Waals surface area contributed by atoms with E-state index >= 15 is 0 Å². The first kappa shape index (κ1) is 11.0. The van der Waals surface area contributed by atoms with Gasteiger partial charge in [0.15, 0.2) is 5.12 Å². The molecule has 0 unspecified atom stereocenters. The van der Waals surface area contributed by atoms with E-state index in [-0.39, 0.29) is 5.12 Å². The molecule has 1 nitrogen and oxygen atoms in total. The second-order valence-corrected chi connectivity index (χ2v) is 6.63. The Morgan fingerprint density at radius 1 is 1.31 bits per heavy atom. The summed E-state index contributed by atoms with van der Waals surface area (Å²) in [5.74, 6) is 0.950. The molecule has 0 amide bonds. The van der Waals surface area contributed by atoms with Gasteiger partial charge in [-0.2, -0.15) is 0 Å². The van der Waals surface area contributed by atoms with Gasteiger partial charge < -0.3 is 0 Å². The number of hydrogen-bond donors (Lipinski definition) is 0. The van der Waals surface area contributed by atoms with E-state index in [1.165, 1.54) is 26.2 Å². The highest BCUT2D eigenvalue weighted by Gasteiger charge is 1.96. The first-order valence-corrected chi connectivity index (χ1v) is 7.45. The van der Waals surface area contributed by atoms with Gasteiger partial charge in [0.25, 0.3) is 0 Å². The van der Waals surface area contributed by atoms with Gasteiger partial charge in [-0.1, -0.05) is 41.1 Å². The number of benzene rings is 1. The highest BCUT2D eigenvalue weighted by atomic mass is 33.5. The Balaban J connectivity index is 2.17. The maximum atomic E-state index is 10.6. The van der Waals surface area contributed by atoms with Crippen molar-refractivity contribution in [2.24, 2.45) is 0 Å². The number of rotatable bonds is 4. The lowest BCUT2D eigenvalue weighted by Crippen LogP contribution is -1.76. The molecule has 70 valence electrons. The molecule has 0 aliphatic rings. The Morgan fingerprint density at radius 3 is 2.62 bits per heavy atom. The predicted octanol–water partition coefficient (Wildman–Crippen LogP) is 3.76. The average Bonchev–Trinajstić information content (AvgIpc) is 2.14. The van der Waals surface area contributed by atoms with Crippen LogP contribution in [0.3, 0.4) is 0 Å². The van der Waals surface area contributed by atoms with Crippen molar-refractivity contribution in [3.8, 4) is 0 Å². The minimum atomic E-state index is 0.158. The van der Waals surface area contributed by atoms with Crippen molar-refractivity contribution < 1.29 is 4.79 Å². The Labute approximate surface area is 89.9 Å². The summed E-state index contributed by atoms with van der Waals surface area (Å²) < 4.78 is 0. The zero-order valence-electron chi connectivity index (χ0n) is 7.23. The fraction of sp³-hybridized carbons (Fsp3) is 0.222. The zero-order valence-corrected chi connectivity index (χ0v) is 9.68. The molecule has 0 aliphatic heterocycles. The molecule has 0 N–H and O–H groups in total. The van der Waals surface area contributed by atoms with E-state index in [0.29, 0.717) is 0 Å². The van der Waals surface area contributed by atoms with Gasteiger partial charge >= 0.3 is 0 Å². The van der Waals surface area contributed by atoms with Crippen molar-refractivity contribution in [2.75, 3.05) is 0 Å². The van der Waals surface area contributed by atoms with Gasteiger partial charge in [0.2, 0.25) is 0 Å². The van der Waals surface area contributed by atoms with Gasteiger partial charge in [0.05, 0.1) is 0 Å². The van der Waals surface area contributed by atoms with Crippen LogP contribution < -0.4 is 0 Å². The van der Waals surface area contributed by atoms with E-state index in [1.54, 1.807) is 17.7 Å². The first-order chi connectivity index (χ1) is 6.29. The summed E-state index contributed by atoms with van der Waals surface area (Å²) in [5.41, 5.74) is 1.30. The average molecular weight is 230 g/mol. The van der Waals surface area contributed by atoms with Crippen LogP contribution in [-0.2, 0) is 10.5 Å². The number of carbonyl (C=O) groups is 1. The summed E-state index contributed by atoms with van der Waals surface area (Å²) >= 11 is 0. The van der Waals surface area contributed by atoms with E-state index in [0.717, 1.165) is 5.75 Å². The van der Waals surface area contributed by atoms with Crippen LogP contribution in [0.15, 0.2) is 30.3 Å². The highest BCUT2D eigenvalue weighted by Crippen LogP contribution is 2.36. The zero-order chi connectivity index (χ0) is 9.52. The lowest BCUT2D eigenvalue weighted by Gasteiger charge is -1.97. The van der Waals surface area contributed by atoms with E-state index < -0.39 is 0 Å². The van der Waals surface area contributed by atoms with Crippen LogP contribution in [0.5, 0.6) is 0 Å². The normalized spacial score (nSPS) is 9.92. The summed E-state index contributed by atoms with van der Waals surface area (Å²) in [6.45, 7) is 1.58. The molecule has 0 fully saturated rings. The van der Waals surface area contributed by atoms with Crippen LogP contribution in [0.4, 0.5) is 0 Å². The lowest BCUT2D eigenvalue weighted by atomic mass is 10.2. The number of carbonyl (C=O) groups excluding carboxylic acids is 1. The summed E-state index contributed by atoms with van der Waals surface area (Å²) in [6, 6.07) is 10.2. The Kier molecular flexibility index (Phi) is 5.43. The molecular weight excluding hydrogens is 220 g/mol. The van der Waals surface area contributed by atoms with Gasteiger partial charge in [-0.05, 0) is 26.2 Å². The van der Waals surface area contributed by atoms with Crippen LogP contribution >= 0.6 is 31.4 Å². The maximum Gasteiger partial charge on any atom is 0.197 e. The van der Waals surface area contributed by atoms with Gasteiger partial charge in [-0.15, -0.1) is 0 Å². The number of hydrogen-bond acceptors (Lipinski definition) is 4. The van der Waals surface area contributed by atoms with Gasteiger partial charge in [-0.3, -0.25) is 4.79 Å². The molecule has 0 aliphatic carbocycles. The van der Waals surface area contributed by atoms with Gasteiger partial charge in [-0.25, -0.2) is 0 Å². The van der Waals surface area contributed by atoms with Crippen LogP contribution in [0.2, 0.25) is 0 Å². The predicted molar refractivity (Wildman–Crippen MR) is 63.6 cm³/mol.